The van der Waals surface area contributed by atoms with Gasteiger partial charge >= 0.3 is 5.97 Å². The highest BCUT2D eigenvalue weighted by atomic mass is 35.5. The number of hydrogen-bond donors (Lipinski definition) is 1. The monoisotopic (exact) mass is 313 g/mol. The molecule has 0 bridgehead atoms. The number of aliphatic carboxylic acids is 1. The second-order valence-electron chi connectivity index (χ2n) is 5.19. The van der Waals surface area contributed by atoms with Crippen LogP contribution in [0.15, 0.2) is 23.1 Å². The molecular formula is C14H16ClNO3S. The highest BCUT2D eigenvalue weighted by molar-refractivity contribution is 7.98. The fraction of sp³-hybridized carbons (Fsp3) is 0.429. The SMILES string of the molecule is CSc1ccc(Cl)c(C(=O)N2CCC(C)(C(=O)O)C2)c1. The van der Waals surface area contributed by atoms with E-state index in [0.29, 0.717) is 23.6 Å². The molecule has 0 aromatic heterocycles. The van der Waals surface area contributed by atoms with Gasteiger partial charge in [0, 0.05) is 18.0 Å². The number of benzene rings is 1. The average Bonchev–Trinajstić information content (AvgIpc) is 2.83. The van der Waals surface area contributed by atoms with E-state index in [2.05, 4.69) is 0 Å². The molecule has 1 aliphatic heterocycles. The highest BCUT2D eigenvalue weighted by Gasteiger charge is 2.42. The molecule has 0 saturated carbocycles. The normalized spacial score (nSPS) is 22.1. The Balaban J connectivity index is 2.23. The number of carbonyl (C=O) groups excluding carboxylic acids is 1. The van der Waals surface area contributed by atoms with E-state index in [9.17, 15) is 14.7 Å². The van der Waals surface area contributed by atoms with Gasteiger partial charge in [-0.3, -0.25) is 9.59 Å². The van der Waals surface area contributed by atoms with E-state index >= 15 is 0 Å². The molecular weight excluding hydrogens is 298 g/mol. The van der Waals surface area contributed by atoms with Crippen LogP contribution in [-0.4, -0.2) is 41.2 Å². The molecule has 1 saturated heterocycles. The summed E-state index contributed by atoms with van der Waals surface area (Å²) in [6.07, 6.45) is 2.39. The molecule has 1 aromatic carbocycles. The summed E-state index contributed by atoms with van der Waals surface area (Å²) in [5.74, 6) is -1.06. The Morgan fingerprint density at radius 2 is 2.15 bits per heavy atom. The summed E-state index contributed by atoms with van der Waals surface area (Å²) in [6.45, 7) is 2.34. The van der Waals surface area contributed by atoms with Gasteiger partial charge in [0.1, 0.15) is 0 Å². The fourth-order valence-corrected chi connectivity index (χ4v) is 2.91. The maximum Gasteiger partial charge on any atom is 0.311 e. The third kappa shape index (κ3) is 2.79. The second-order valence-corrected chi connectivity index (χ2v) is 6.48. The number of nitrogens with zero attached hydrogens (tertiary/aromatic N) is 1. The molecule has 20 heavy (non-hydrogen) atoms. The minimum atomic E-state index is -0.864. The molecule has 4 nitrogen and oxygen atoms in total. The predicted molar refractivity (Wildman–Crippen MR) is 79.5 cm³/mol. The zero-order valence-electron chi connectivity index (χ0n) is 11.4. The molecule has 1 unspecified atom stereocenters. The van der Waals surface area contributed by atoms with Crippen LogP contribution in [0.3, 0.4) is 0 Å². The lowest BCUT2D eigenvalue weighted by Gasteiger charge is -2.20. The third-order valence-corrected chi connectivity index (χ3v) is 4.74. The maximum atomic E-state index is 12.5. The van der Waals surface area contributed by atoms with Gasteiger partial charge in [-0.1, -0.05) is 11.6 Å². The van der Waals surface area contributed by atoms with Crippen molar-refractivity contribution in [2.75, 3.05) is 19.3 Å². The summed E-state index contributed by atoms with van der Waals surface area (Å²) in [5, 5.41) is 9.61. The molecule has 1 N–H and O–H groups in total. The molecule has 1 aliphatic rings. The van der Waals surface area contributed by atoms with Gasteiger partial charge in [0.2, 0.25) is 0 Å². The van der Waals surface area contributed by atoms with Crippen molar-refractivity contribution in [2.45, 2.75) is 18.2 Å². The summed E-state index contributed by atoms with van der Waals surface area (Å²) < 4.78 is 0. The van der Waals surface area contributed by atoms with Crippen molar-refractivity contribution >= 4 is 35.2 Å². The van der Waals surface area contributed by atoms with Crippen LogP contribution in [-0.2, 0) is 4.79 Å². The van der Waals surface area contributed by atoms with Crippen LogP contribution >= 0.6 is 23.4 Å². The van der Waals surface area contributed by atoms with Crippen LogP contribution in [0.5, 0.6) is 0 Å². The number of halogens is 1. The number of thioether (sulfide) groups is 1. The number of amides is 1. The number of carboxylic acid groups (broad SMARTS) is 1. The van der Waals surface area contributed by atoms with Crippen molar-refractivity contribution in [1.82, 2.24) is 4.90 Å². The Kier molecular flexibility index (Phi) is 4.30. The first-order chi connectivity index (χ1) is 9.37. The number of rotatable bonds is 3. The van der Waals surface area contributed by atoms with Gasteiger partial charge in [-0.25, -0.2) is 0 Å². The van der Waals surface area contributed by atoms with E-state index in [4.69, 9.17) is 11.6 Å². The topological polar surface area (TPSA) is 57.6 Å². The van der Waals surface area contributed by atoms with E-state index in [1.54, 1.807) is 24.0 Å². The quantitative estimate of drug-likeness (QED) is 0.872. The zero-order valence-corrected chi connectivity index (χ0v) is 12.9. The first-order valence-corrected chi connectivity index (χ1v) is 7.84. The zero-order chi connectivity index (χ0) is 14.9. The number of likely N-dealkylation sites (tertiary alicyclic amines) is 1. The van der Waals surface area contributed by atoms with Gasteiger partial charge in [-0.05, 0) is 37.8 Å². The molecule has 2 rings (SSSR count). The van der Waals surface area contributed by atoms with Crippen LogP contribution in [0, 0.1) is 5.41 Å². The number of hydrogen-bond acceptors (Lipinski definition) is 3. The smallest absolute Gasteiger partial charge is 0.311 e. The molecule has 0 radical (unpaired) electrons. The van der Waals surface area contributed by atoms with Crippen LogP contribution in [0.1, 0.15) is 23.7 Å². The van der Waals surface area contributed by atoms with Crippen LogP contribution in [0.2, 0.25) is 5.02 Å². The lowest BCUT2D eigenvalue weighted by molar-refractivity contribution is -0.147. The van der Waals surface area contributed by atoms with Crippen molar-refractivity contribution in [3.8, 4) is 0 Å². The summed E-state index contributed by atoms with van der Waals surface area (Å²) in [4.78, 5) is 26.2. The van der Waals surface area contributed by atoms with Gasteiger partial charge in [0.05, 0.1) is 16.0 Å². The van der Waals surface area contributed by atoms with Gasteiger partial charge in [0.25, 0.3) is 5.91 Å². The van der Waals surface area contributed by atoms with E-state index in [1.165, 1.54) is 11.8 Å². The minimum absolute atomic E-state index is 0.198. The van der Waals surface area contributed by atoms with Crippen LogP contribution in [0.4, 0.5) is 0 Å². The second kappa shape index (κ2) is 5.66. The number of carbonyl (C=O) groups is 2. The third-order valence-electron chi connectivity index (χ3n) is 3.68. The molecule has 6 heteroatoms. The molecule has 1 amide bonds. The van der Waals surface area contributed by atoms with Crippen molar-refractivity contribution in [2.24, 2.45) is 5.41 Å². The Morgan fingerprint density at radius 1 is 1.45 bits per heavy atom. The Bertz CT molecular complexity index is 563. The predicted octanol–water partition coefficient (Wildman–Crippen LogP) is 3.00. The van der Waals surface area contributed by atoms with E-state index < -0.39 is 11.4 Å². The standard InChI is InChI=1S/C14H16ClNO3S/c1-14(13(18)19)5-6-16(8-14)12(17)10-7-9(20-2)3-4-11(10)15/h3-4,7H,5-6,8H2,1-2H3,(H,18,19). The largest absolute Gasteiger partial charge is 0.481 e. The molecule has 1 heterocycles. The van der Waals surface area contributed by atoms with Crippen molar-refractivity contribution < 1.29 is 14.7 Å². The summed E-state index contributed by atoms with van der Waals surface area (Å²) >= 11 is 7.62. The van der Waals surface area contributed by atoms with E-state index in [0.717, 1.165) is 4.90 Å². The molecule has 108 valence electrons. The van der Waals surface area contributed by atoms with Crippen LogP contribution < -0.4 is 0 Å². The number of carboxylic acids is 1. The Morgan fingerprint density at radius 3 is 2.70 bits per heavy atom. The molecule has 0 aliphatic carbocycles. The van der Waals surface area contributed by atoms with Gasteiger partial charge in [0.15, 0.2) is 0 Å². The lowest BCUT2D eigenvalue weighted by Crippen LogP contribution is -2.35. The molecule has 0 spiro atoms. The average molecular weight is 314 g/mol. The van der Waals surface area contributed by atoms with Crippen molar-refractivity contribution in [1.29, 1.82) is 0 Å². The van der Waals surface area contributed by atoms with E-state index in [-0.39, 0.29) is 12.5 Å². The van der Waals surface area contributed by atoms with Crippen molar-refractivity contribution in [3.63, 3.8) is 0 Å². The fourth-order valence-electron chi connectivity index (χ4n) is 2.27. The summed E-state index contributed by atoms with van der Waals surface area (Å²) in [6, 6.07) is 5.31. The first kappa shape index (κ1) is 15.2. The van der Waals surface area contributed by atoms with Crippen LogP contribution in [0.25, 0.3) is 0 Å². The maximum absolute atomic E-state index is 12.5. The minimum Gasteiger partial charge on any atom is -0.481 e. The Labute approximate surface area is 127 Å². The van der Waals surface area contributed by atoms with Gasteiger partial charge in [-0.15, -0.1) is 11.8 Å². The first-order valence-electron chi connectivity index (χ1n) is 6.23. The lowest BCUT2D eigenvalue weighted by atomic mass is 9.90. The molecule has 1 atom stereocenters. The molecule has 1 aromatic rings. The summed E-state index contributed by atoms with van der Waals surface area (Å²) in [5.41, 5.74) is -0.424. The van der Waals surface area contributed by atoms with E-state index in [1.807, 2.05) is 12.3 Å². The molecule has 1 fully saturated rings. The highest BCUT2D eigenvalue weighted by Crippen LogP contribution is 2.32. The van der Waals surface area contributed by atoms with Gasteiger partial charge < -0.3 is 10.0 Å². The van der Waals surface area contributed by atoms with Gasteiger partial charge in [-0.2, -0.15) is 0 Å². The van der Waals surface area contributed by atoms with Crippen molar-refractivity contribution in [3.05, 3.63) is 28.8 Å². The Hall–Kier alpha value is -1.20. The summed E-state index contributed by atoms with van der Waals surface area (Å²) in [7, 11) is 0.